The van der Waals surface area contributed by atoms with Crippen LogP contribution in [0.2, 0.25) is 0 Å². The lowest BCUT2D eigenvalue weighted by Gasteiger charge is -2.30. The Morgan fingerprint density at radius 3 is 2.96 bits per heavy atom. The van der Waals surface area contributed by atoms with Crippen molar-refractivity contribution in [3.8, 4) is 0 Å². The van der Waals surface area contributed by atoms with Gasteiger partial charge in [0.25, 0.3) is 5.91 Å². The SMILES string of the molecule is O=C(CCN1CCOCC1)NN1C(=O)C2C=CC=CC2=NC1=S. The van der Waals surface area contributed by atoms with Crippen LogP contribution < -0.4 is 5.43 Å². The maximum Gasteiger partial charge on any atom is 0.260 e. The summed E-state index contributed by atoms with van der Waals surface area (Å²) >= 11 is 5.12. The minimum Gasteiger partial charge on any atom is -0.379 e. The molecule has 1 saturated heterocycles. The number of nitrogens with zero attached hydrogens (tertiary/aromatic N) is 3. The fourth-order valence-electron chi connectivity index (χ4n) is 2.61. The van der Waals surface area contributed by atoms with Gasteiger partial charge >= 0.3 is 0 Å². The normalized spacial score (nSPS) is 24.4. The molecule has 0 aromatic rings. The molecule has 0 radical (unpaired) electrons. The van der Waals surface area contributed by atoms with Gasteiger partial charge in [0.15, 0.2) is 0 Å². The summed E-state index contributed by atoms with van der Waals surface area (Å²) in [6.45, 7) is 3.65. The Balaban J connectivity index is 1.56. The van der Waals surface area contributed by atoms with Crippen molar-refractivity contribution >= 4 is 34.9 Å². The Morgan fingerprint density at radius 1 is 1.39 bits per heavy atom. The van der Waals surface area contributed by atoms with Crippen molar-refractivity contribution < 1.29 is 14.3 Å². The number of carbonyl (C=O) groups excluding carboxylic acids is 2. The smallest absolute Gasteiger partial charge is 0.260 e. The minimum atomic E-state index is -0.480. The zero-order chi connectivity index (χ0) is 16.2. The number of carbonyl (C=O) groups is 2. The molecular formula is C15H18N4O3S. The molecule has 2 amide bonds. The Hall–Kier alpha value is -1.90. The summed E-state index contributed by atoms with van der Waals surface area (Å²) in [7, 11) is 0. The van der Waals surface area contributed by atoms with E-state index in [2.05, 4.69) is 15.3 Å². The highest BCUT2D eigenvalue weighted by molar-refractivity contribution is 7.80. The summed E-state index contributed by atoms with van der Waals surface area (Å²) < 4.78 is 5.27. The maximum absolute atomic E-state index is 12.4. The number of aliphatic imine (C=N–C) groups is 1. The second kappa shape index (κ2) is 7.12. The van der Waals surface area contributed by atoms with Gasteiger partial charge in [-0.3, -0.25) is 19.9 Å². The van der Waals surface area contributed by atoms with Gasteiger partial charge in [-0.2, -0.15) is 5.01 Å². The Labute approximate surface area is 139 Å². The van der Waals surface area contributed by atoms with Crippen molar-refractivity contribution in [3.63, 3.8) is 0 Å². The van der Waals surface area contributed by atoms with Gasteiger partial charge in [0.2, 0.25) is 11.0 Å². The Morgan fingerprint density at radius 2 is 2.17 bits per heavy atom. The third-order valence-electron chi connectivity index (χ3n) is 3.90. The Bertz CT molecular complexity index is 608. The van der Waals surface area contributed by atoms with Crippen LogP contribution >= 0.6 is 12.2 Å². The fraction of sp³-hybridized carbons (Fsp3) is 0.467. The zero-order valence-corrected chi connectivity index (χ0v) is 13.4. The van der Waals surface area contributed by atoms with Gasteiger partial charge in [-0.25, -0.2) is 4.99 Å². The monoisotopic (exact) mass is 334 g/mol. The molecule has 122 valence electrons. The first kappa shape index (κ1) is 16.0. The summed E-state index contributed by atoms with van der Waals surface area (Å²) in [5, 5.41) is 1.15. The first-order chi connectivity index (χ1) is 11.1. The van der Waals surface area contributed by atoms with Crippen LogP contribution in [0.25, 0.3) is 0 Å². The molecule has 0 saturated carbocycles. The average molecular weight is 334 g/mol. The van der Waals surface area contributed by atoms with E-state index in [9.17, 15) is 9.59 Å². The minimum absolute atomic E-state index is 0.0703. The number of thiocarbonyl (C=S) groups is 1. The van der Waals surface area contributed by atoms with E-state index in [1.807, 2.05) is 6.08 Å². The number of hydrazine groups is 1. The van der Waals surface area contributed by atoms with Gasteiger partial charge in [-0.1, -0.05) is 18.2 Å². The molecule has 2 heterocycles. The van der Waals surface area contributed by atoms with Crippen LogP contribution in [0.4, 0.5) is 0 Å². The summed E-state index contributed by atoms with van der Waals surface area (Å²) in [6.07, 6.45) is 7.39. The van der Waals surface area contributed by atoms with Gasteiger partial charge in [-0.05, 0) is 18.3 Å². The van der Waals surface area contributed by atoms with Crippen molar-refractivity contribution in [1.29, 1.82) is 0 Å². The Kier molecular flexibility index (Phi) is 4.94. The van der Waals surface area contributed by atoms with Crippen LogP contribution in [-0.2, 0) is 14.3 Å². The molecular weight excluding hydrogens is 316 g/mol. The predicted octanol–water partition coefficient (Wildman–Crippen LogP) is 0.0502. The molecule has 1 fully saturated rings. The zero-order valence-electron chi connectivity index (χ0n) is 12.6. The van der Waals surface area contributed by atoms with E-state index in [4.69, 9.17) is 17.0 Å². The predicted molar refractivity (Wildman–Crippen MR) is 88.7 cm³/mol. The number of amides is 2. The van der Waals surface area contributed by atoms with Crippen molar-refractivity contribution in [2.24, 2.45) is 10.9 Å². The summed E-state index contributed by atoms with van der Waals surface area (Å²) in [6, 6.07) is 0. The molecule has 1 unspecified atom stereocenters. The molecule has 0 aromatic heterocycles. The van der Waals surface area contributed by atoms with Crippen molar-refractivity contribution in [3.05, 3.63) is 24.3 Å². The van der Waals surface area contributed by atoms with Crippen LogP contribution in [0.1, 0.15) is 6.42 Å². The third kappa shape index (κ3) is 3.72. The van der Waals surface area contributed by atoms with Gasteiger partial charge in [-0.15, -0.1) is 0 Å². The lowest BCUT2D eigenvalue weighted by Crippen LogP contribution is -2.55. The van der Waals surface area contributed by atoms with E-state index in [0.717, 1.165) is 18.1 Å². The molecule has 3 rings (SSSR count). The molecule has 0 spiro atoms. The van der Waals surface area contributed by atoms with E-state index in [-0.39, 0.29) is 16.9 Å². The molecule has 1 aliphatic carbocycles. The lowest BCUT2D eigenvalue weighted by atomic mass is 9.96. The molecule has 7 nitrogen and oxygen atoms in total. The van der Waals surface area contributed by atoms with Crippen LogP contribution in [0.15, 0.2) is 29.3 Å². The fourth-order valence-corrected chi connectivity index (χ4v) is 2.85. The number of nitrogens with one attached hydrogen (secondary N) is 1. The number of hydrogen-bond acceptors (Lipinski definition) is 5. The summed E-state index contributed by atoms with van der Waals surface area (Å²) in [5.41, 5.74) is 3.18. The van der Waals surface area contributed by atoms with Crippen molar-refractivity contribution in [1.82, 2.24) is 15.3 Å². The van der Waals surface area contributed by atoms with Crippen LogP contribution in [0.5, 0.6) is 0 Å². The van der Waals surface area contributed by atoms with Crippen LogP contribution in [0, 0.1) is 5.92 Å². The number of morpholine rings is 1. The lowest BCUT2D eigenvalue weighted by molar-refractivity contribution is -0.137. The standard InChI is InChI=1S/C15H18N4O3S/c20-13(5-6-18-7-9-22-10-8-18)17-19-14(21)11-3-1-2-4-12(11)16-15(19)23/h1-4,11H,5-10H2,(H,17,20). The highest BCUT2D eigenvalue weighted by Gasteiger charge is 2.34. The van der Waals surface area contributed by atoms with Crippen molar-refractivity contribution in [2.45, 2.75) is 6.42 Å². The quantitative estimate of drug-likeness (QED) is 0.736. The van der Waals surface area contributed by atoms with Gasteiger partial charge in [0.1, 0.15) is 5.92 Å². The van der Waals surface area contributed by atoms with E-state index in [1.165, 1.54) is 0 Å². The molecule has 1 atom stereocenters. The molecule has 0 aromatic carbocycles. The number of rotatable bonds is 4. The van der Waals surface area contributed by atoms with Gasteiger partial charge in [0, 0.05) is 26.1 Å². The molecule has 0 bridgehead atoms. The van der Waals surface area contributed by atoms with E-state index in [1.54, 1.807) is 18.2 Å². The highest BCUT2D eigenvalue weighted by atomic mass is 32.1. The average Bonchev–Trinajstić information content (AvgIpc) is 2.58. The van der Waals surface area contributed by atoms with Crippen LogP contribution in [-0.4, -0.2) is 65.4 Å². The molecule has 3 aliphatic rings. The first-order valence-electron chi connectivity index (χ1n) is 7.56. The second-order valence-corrected chi connectivity index (χ2v) is 5.82. The molecule has 2 aliphatic heterocycles. The third-order valence-corrected chi connectivity index (χ3v) is 4.17. The van der Waals surface area contributed by atoms with Crippen molar-refractivity contribution in [2.75, 3.05) is 32.8 Å². The van der Waals surface area contributed by atoms with Gasteiger partial charge in [0.05, 0.1) is 18.9 Å². The number of ether oxygens (including phenoxy) is 1. The first-order valence-corrected chi connectivity index (χ1v) is 7.97. The second-order valence-electron chi connectivity index (χ2n) is 5.45. The molecule has 1 N–H and O–H groups in total. The number of allylic oxidation sites excluding steroid dienone is 3. The van der Waals surface area contributed by atoms with E-state index in [0.29, 0.717) is 31.9 Å². The van der Waals surface area contributed by atoms with E-state index >= 15 is 0 Å². The highest BCUT2D eigenvalue weighted by Crippen LogP contribution is 2.18. The van der Waals surface area contributed by atoms with Gasteiger partial charge < -0.3 is 4.74 Å². The summed E-state index contributed by atoms with van der Waals surface area (Å²) in [4.78, 5) is 30.9. The largest absolute Gasteiger partial charge is 0.379 e. The maximum atomic E-state index is 12.4. The van der Waals surface area contributed by atoms with E-state index < -0.39 is 5.92 Å². The number of hydrogen-bond donors (Lipinski definition) is 1. The molecule has 23 heavy (non-hydrogen) atoms. The summed E-state index contributed by atoms with van der Waals surface area (Å²) in [5.74, 6) is -1.01. The number of fused-ring (bicyclic) bond motifs is 1. The van der Waals surface area contributed by atoms with Crippen LogP contribution in [0.3, 0.4) is 0 Å². The topological polar surface area (TPSA) is 74.2 Å². The molecule has 8 heteroatoms.